The van der Waals surface area contributed by atoms with Crippen LogP contribution in [0.4, 0.5) is 0 Å². The largest absolute Gasteiger partial charge is 0.459 e. The van der Waals surface area contributed by atoms with Gasteiger partial charge >= 0.3 is 0 Å². The van der Waals surface area contributed by atoms with Gasteiger partial charge in [-0.25, -0.2) is 0 Å². The molecule has 1 fully saturated rings. The van der Waals surface area contributed by atoms with Gasteiger partial charge in [0.15, 0.2) is 5.76 Å². The minimum Gasteiger partial charge on any atom is -0.459 e. The molecule has 0 spiro atoms. The Labute approximate surface area is 140 Å². The van der Waals surface area contributed by atoms with E-state index in [1.165, 1.54) is 12.1 Å². The Morgan fingerprint density at radius 1 is 1.29 bits per heavy atom. The molecule has 3 aromatic heterocycles. The number of hydrogen-bond donors (Lipinski definition) is 0. The number of likely N-dealkylation sites (tertiary alicyclic amines) is 1. The van der Waals surface area contributed by atoms with Gasteiger partial charge in [-0.2, -0.15) is 5.10 Å². The molecule has 0 aromatic carbocycles. The van der Waals surface area contributed by atoms with Gasteiger partial charge in [0.1, 0.15) is 0 Å². The van der Waals surface area contributed by atoms with E-state index in [-0.39, 0.29) is 0 Å². The molecule has 1 atom stereocenters. The summed E-state index contributed by atoms with van der Waals surface area (Å²) in [6.07, 6.45) is 3.95. The SMILES string of the molecule is Cc1cc(C)n(C[C@H]2CCCN2Cc2nnc(-c3ccco3)o2)n1. The van der Waals surface area contributed by atoms with Crippen LogP contribution in [-0.4, -0.2) is 37.5 Å². The van der Waals surface area contributed by atoms with E-state index < -0.39 is 0 Å². The van der Waals surface area contributed by atoms with Gasteiger partial charge in [-0.15, -0.1) is 10.2 Å². The highest BCUT2D eigenvalue weighted by molar-refractivity contribution is 5.42. The number of hydrogen-bond acceptors (Lipinski definition) is 6. The average molecular weight is 327 g/mol. The molecule has 4 heterocycles. The van der Waals surface area contributed by atoms with Gasteiger partial charge in [0.25, 0.3) is 5.89 Å². The summed E-state index contributed by atoms with van der Waals surface area (Å²) < 4.78 is 13.1. The predicted octanol–water partition coefficient (Wildman–Crippen LogP) is 2.81. The highest BCUT2D eigenvalue weighted by Gasteiger charge is 2.27. The highest BCUT2D eigenvalue weighted by Crippen LogP contribution is 2.23. The summed E-state index contributed by atoms with van der Waals surface area (Å²) >= 11 is 0. The molecule has 7 heteroatoms. The Morgan fingerprint density at radius 3 is 2.96 bits per heavy atom. The van der Waals surface area contributed by atoms with Crippen molar-refractivity contribution in [3.63, 3.8) is 0 Å². The van der Waals surface area contributed by atoms with Crippen LogP contribution in [0, 0.1) is 13.8 Å². The second kappa shape index (κ2) is 6.24. The monoisotopic (exact) mass is 327 g/mol. The van der Waals surface area contributed by atoms with Crippen LogP contribution in [0.5, 0.6) is 0 Å². The van der Waals surface area contributed by atoms with Crippen LogP contribution in [-0.2, 0) is 13.1 Å². The number of rotatable bonds is 5. The number of nitrogens with zero attached hydrogens (tertiary/aromatic N) is 5. The van der Waals surface area contributed by atoms with Gasteiger partial charge in [0.2, 0.25) is 5.89 Å². The summed E-state index contributed by atoms with van der Waals surface area (Å²) in [4.78, 5) is 2.40. The van der Waals surface area contributed by atoms with Crippen LogP contribution in [0.25, 0.3) is 11.7 Å². The van der Waals surface area contributed by atoms with Crippen LogP contribution in [0.15, 0.2) is 33.3 Å². The maximum Gasteiger partial charge on any atom is 0.283 e. The van der Waals surface area contributed by atoms with Gasteiger partial charge in [0, 0.05) is 11.7 Å². The molecule has 0 unspecified atom stereocenters. The third kappa shape index (κ3) is 2.99. The summed E-state index contributed by atoms with van der Waals surface area (Å²) in [6, 6.07) is 6.19. The fourth-order valence-corrected chi connectivity index (χ4v) is 3.36. The predicted molar refractivity (Wildman–Crippen MR) is 87.1 cm³/mol. The summed E-state index contributed by atoms with van der Waals surface area (Å²) in [6.45, 7) is 6.75. The van der Waals surface area contributed by atoms with E-state index in [1.807, 2.05) is 19.1 Å². The molecular weight excluding hydrogens is 306 g/mol. The van der Waals surface area contributed by atoms with Crippen molar-refractivity contribution in [1.29, 1.82) is 0 Å². The third-order valence-electron chi connectivity index (χ3n) is 4.52. The number of furan rings is 1. The van der Waals surface area contributed by atoms with Crippen molar-refractivity contribution < 1.29 is 8.83 Å². The lowest BCUT2D eigenvalue weighted by Gasteiger charge is -2.23. The topological polar surface area (TPSA) is 73.1 Å². The molecule has 1 saturated heterocycles. The van der Waals surface area contributed by atoms with E-state index >= 15 is 0 Å². The molecular formula is C17H21N5O2. The molecule has 1 aliphatic heterocycles. The Kier molecular flexibility index (Phi) is 3.93. The van der Waals surface area contributed by atoms with Gasteiger partial charge < -0.3 is 8.83 Å². The van der Waals surface area contributed by atoms with Crippen LogP contribution < -0.4 is 0 Å². The number of aryl methyl sites for hydroxylation is 2. The zero-order valence-corrected chi connectivity index (χ0v) is 14.0. The lowest BCUT2D eigenvalue weighted by molar-refractivity contribution is 0.199. The van der Waals surface area contributed by atoms with Gasteiger partial charge in [0.05, 0.1) is 25.0 Å². The zero-order chi connectivity index (χ0) is 16.5. The first-order valence-corrected chi connectivity index (χ1v) is 8.30. The van der Waals surface area contributed by atoms with E-state index in [0.717, 1.165) is 25.2 Å². The van der Waals surface area contributed by atoms with Crippen molar-refractivity contribution >= 4 is 0 Å². The van der Waals surface area contributed by atoms with Gasteiger partial charge in [-0.3, -0.25) is 9.58 Å². The molecule has 1 aliphatic rings. The maximum absolute atomic E-state index is 5.74. The first-order chi connectivity index (χ1) is 11.7. The number of aromatic nitrogens is 4. The lowest BCUT2D eigenvalue weighted by Crippen LogP contribution is -2.33. The molecule has 0 aliphatic carbocycles. The Morgan fingerprint density at radius 2 is 2.21 bits per heavy atom. The van der Waals surface area contributed by atoms with Crippen molar-refractivity contribution in [2.45, 2.75) is 45.8 Å². The van der Waals surface area contributed by atoms with Crippen molar-refractivity contribution in [2.75, 3.05) is 6.54 Å². The van der Waals surface area contributed by atoms with E-state index in [4.69, 9.17) is 8.83 Å². The molecule has 0 radical (unpaired) electrons. The highest BCUT2D eigenvalue weighted by atomic mass is 16.4. The van der Waals surface area contributed by atoms with Crippen LogP contribution in [0.2, 0.25) is 0 Å². The average Bonchev–Trinajstić information content (AvgIpc) is 3.30. The molecule has 0 N–H and O–H groups in total. The Hall–Kier alpha value is -2.41. The van der Waals surface area contributed by atoms with Crippen molar-refractivity contribution in [2.24, 2.45) is 0 Å². The fourth-order valence-electron chi connectivity index (χ4n) is 3.36. The molecule has 24 heavy (non-hydrogen) atoms. The second-order valence-electron chi connectivity index (χ2n) is 6.35. The molecule has 0 amide bonds. The fraction of sp³-hybridized carbons (Fsp3) is 0.471. The normalized spacial score (nSPS) is 18.5. The lowest BCUT2D eigenvalue weighted by atomic mass is 10.2. The Bertz CT molecular complexity index is 805. The minimum absolute atomic E-state index is 0.435. The summed E-state index contributed by atoms with van der Waals surface area (Å²) in [5.41, 5.74) is 2.27. The van der Waals surface area contributed by atoms with Crippen molar-refractivity contribution in [1.82, 2.24) is 24.9 Å². The maximum atomic E-state index is 5.74. The summed E-state index contributed by atoms with van der Waals surface area (Å²) in [7, 11) is 0. The smallest absolute Gasteiger partial charge is 0.283 e. The third-order valence-corrected chi connectivity index (χ3v) is 4.52. The molecule has 0 bridgehead atoms. The van der Waals surface area contributed by atoms with Crippen LogP contribution in [0.3, 0.4) is 0 Å². The van der Waals surface area contributed by atoms with Crippen LogP contribution >= 0.6 is 0 Å². The van der Waals surface area contributed by atoms with E-state index in [9.17, 15) is 0 Å². The summed E-state index contributed by atoms with van der Waals surface area (Å²) in [5.74, 6) is 1.67. The van der Waals surface area contributed by atoms with Crippen LogP contribution in [0.1, 0.15) is 30.1 Å². The molecule has 0 saturated carbocycles. The van der Waals surface area contributed by atoms with E-state index in [1.54, 1.807) is 6.26 Å². The molecule has 7 nitrogen and oxygen atoms in total. The van der Waals surface area contributed by atoms with Gasteiger partial charge in [-0.05, 0) is 51.4 Å². The van der Waals surface area contributed by atoms with E-state index in [2.05, 4.69) is 37.9 Å². The first-order valence-electron chi connectivity index (χ1n) is 8.30. The molecule has 3 aromatic rings. The standard InChI is InChI=1S/C17H21N5O2/c1-12-9-13(2)22(20-12)10-14-5-3-7-21(14)11-16-18-19-17(24-16)15-6-4-8-23-15/h4,6,8-9,14H,3,5,7,10-11H2,1-2H3/t14-/m1/s1. The van der Waals surface area contributed by atoms with E-state index in [0.29, 0.717) is 30.1 Å². The van der Waals surface area contributed by atoms with Crippen molar-refractivity contribution in [3.8, 4) is 11.7 Å². The minimum atomic E-state index is 0.435. The quantitative estimate of drug-likeness (QED) is 0.717. The first kappa shape index (κ1) is 15.1. The van der Waals surface area contributed by atoms with Crippen molar-refractivity contribution in [3.05, 3.63) is 41.7 Å². The Balaban J connectivity index is 1.44. The molecule has 126 valence electrons. The zero-order valence-electron chi connectivity index (χ0n) is 14.0. The second-order valence-corrected chi connectivity index (χ2v) is 6.35. The summed E-state index contributed by atoms with van der Waals surface area (Å²) in [5, 5.41) is 12.8. The molecule has 4 rings (SSSR count). The van der Waals surface area contributed by atoms with Gasteiger partial charge in [-0.1, -0.05) is 0 Å².